The highest BCUT2D eigenvalue weighted by Crippen LogP contribution is 2.12. The third kappa shape index (κ3) is 4.04. The van der Waals surface area contributed by atoms with Gasteiger partial charge in [-0.15, -0.1) is 0 Å². The summed E-state index contributed by atoms with van der Waals surface area (Å²) in [6, 6.07) is 9.94. The summed E-state index contributed by atoms with van der Waals surface area (Å²) in [5.74, 6) is -0.124. The van der Waals surface area contributed by atoms with Gasteiger partial charge in [0, 0.05) is 40.2 Å². The second-order valence-corrected chi connectivity index (χ2v) is 5.38. The summed E-state index contributed by atoms with van der Waals surface area (Å²) in [5, 5.41) is 2.65. The first-order valence-electron chi connectivity index (χ1n) is 7.37. The lowest BCUT2D eigenvalue weighted by molar-refractivity contribution is -0.142. The fourth-order valence-electron chi connectivity index (χ4n) is 2.74. The Morgan fingerprint density at radius 3 is 2.57 bits per heavy atom. The van der Waals surface area contributed by atoms with Crippen LogP contribution in [0, 0.1) is 0 Å². The van der Waals surface area contributed by atoms with E-state index in [4.69, 9.17) is 0 Å². The fraction of sp³-hybridized carbons (Fsp3) is 0.500. The van der Waals surface area contributed by atoms with Crippen LogP contribution in [0.2, 0.25) is 0 Å². The molecule has 1 saturated heterocycles. The van der Waals surface area contributed by atoms with E-state index in [2.05, 4.69) is 22.3 Å². The molecule has 1 aromatic rings. The molecule has 0 bridgehead atoms. The summed E-state index contributed by atoms with van der Waals surface area (Å²) >= 11 is 0. The summed E-state index contributed by atoms with van der Waals surface area (Å²) in [5.41, 5.74) is 1.29. The first-order valence-corrected chi connectivity index (χ1v) is 7.37. The number of carbonyl (C=O) groups excluding carboxylic acids is 2. The molecule has 1 fully saturated rings. The van der Waals surface area contributed by atoms with Crippen molar-refractivity contribution in [2.75, 3.05) is 33.2 Å². The van der Waals surface area contributed by atoms with E-state index < -0.39 is 0 Å². The SMILES string of the molecule is CNC(=O)[C@H]1CN(CCc2ccccc2)CCN1C(C)=O. The average Bonchev–Trinajstić information content (AvgIpc) is 2.52. The van der Waals surface area contributed by atoms with Gasteiger partial charge in [-0.05, 0) is 12.0 Å². The molecule has 1 aromatic carbocycles. The monoisotopic (exact) mass is 289 g/mol. The maximum Gasteiger partial charge on any atom is 0.243 e. The highest BCUT2D eigenvalue weighted by Gasteiger charge is 2.32. The van der Waals surface area contributed by atoms with E-state index in [1.165, 1.54) is 12.5 Å². The summed E-state index contributed by atoms with van der Waals surface area (Å²) in [6.45, 7) is 4.47. The molecule has 21 heavy (non-hydrogen) atoms. The maximum atomic E-state index is 12.0. The van der Waals surface area contributed by atoms with E-state index in [1.807, 2.05) is 18.2 Å². The van der Waals surface area contributed by atoms with Crippen molar-refractivity contribution in [3.63, 3.8) is 0 Å². The van der Waals surface area contributed by atoms with Crippen LogP contribution >= 0.6 is 0 Å². The molecule has 1 aliphatic heterocycles. The first kappa shape index (κ1) is 15.5. The van der Waals surface area contributed by atoms with Crippen LogP contribution < -0.4 is 5.32 Å². The Balaban J connectivity index is 1.94. The highest BCUT2D eigenvalue weighted by atomic mass is 16.2. The van der Waals surface area contributed by atoms with Crippen LogP contribution in [-0.2, 0) is 16.0 Å². The molecule has 5 heteroatoms. The summed E-state index contributed by atoms with van der Waals surface area (Å²) < 4.78 is 0. The van der Waals surface area contributed by atoms with Crippen molar-refractivity contribution in [2.24, 2.45) is 0 Å². The molecular weight excluding hydrogens is 266 g/mol. The number of hydrogen-bond donors (Lipinski definition) is 1. The Morgan fingerprint density at radius 2 is 1.95 bits per heavy atom. The number of piperazine rings is 1. The van der Waals surface area contributed by atoms with Crippen LogP contribution in [0.4, 0.5) is 0 Å². The quantitative estimate of drug-likeness (QED) is 0.878. The van der Waals surface area contributed by atoms with Crippen molar-refractivity contribution in [3.05, 3.63) is 35.9 Å². The molecule has 1 heterocycles. The zero-order valence-electron chi connectivity index (χ0n) is 12.7. The molecule has 5 nitrogen and oxygen atoms in total. The van der Waals surface area contributed by atoms with Gasteiger partial charge >= 0.3 is 0 Å². The number of amides is 2. The second kappa shape index (κ2) is 7.22. The highest BCUT2D eigenvalue weighted by molar-refractivity contribution is 5.87. The topological polar surface area (TPSA) is 52.7 Å². The van der Waals surface area contributed by atoms with Gasteiger partial charge in [-0.3, -0.25) is 14.5 Å². The van der Waals surface area contributed by atoms with Crippen LogP contribution in [0.1, 0.15) is 12.5 Å². The summed E-state index contributed by atoms with van der Waals surface area (Å²) in [7, 11) is 1.61. The molecule has 2 amide bonds. The van der Waals surface area contributed by atoms with Crippen molar-refractivity contribution < 1.29 is 9.59 Å². The average molecular weight is 289 g/mol. The lowest BCUT2D eigenvalue weighted by Gasteiger charge is -2.40. The predicted molar refractivity (Wildman–Crippen MR) is 81.8 cm³/mol. The maximum absolute atomic E-state index is 12.0. The normalized spacial score (nSPS) is 19.3. The molecule has 1 N–H and O–H groups in total. The molecular formula is C16H23N3O2. The zero-order chi connectivity index (χ0) is 15.2. The van der Waals surface area contributed by atoms with Crippen molar-refractivity contribution in [1.82, 2.24) is 15.1 Å². The Hall–Kier alpha value is -1.88. The Bertz CT molecular complexity index is 490. The molecule has 1 aliphatic rings. The van der Waals surface area contributed by atoms with Gasteiger partial charge in [0.25, 0.3) is 0 Å². The van der Waals surface area contributed by atoms with E-state index in [-0.39, 0.29) is 17.9 Å². The van der Waals surface area contributed by atoms with Crippen molar-refractivity contribution in [2.45, 2.75) is 19.4 Å². The number of likely N-dealkylation sites (N-methyl/N-ethyl adjacent to an activating group) is 1. The van der Waals surface area contributed by atoms with Crippen LogP contribution in [0.25, 0.3) is 0 Å². The molecule has 0 unspecified atom stereocenters. The molecule has 1 atom stereocenters. The van der Waals surface area contributed by atoms with E-state index in [9.17, 15) is 9.59 Å². The smallest absolute Gasteiger partial charge is 0.243 e. The lowest BCUT2D eigenvalue weighted by atomic mass is 10.1. The Labute approximate surface area is 125 Å². The van der Waals surface area contributed by atoms with E-state index in [0.29, 0.717) is 13.1 Å². The van der Waals surface area contributed by atoms with Crippen molar-refractivity contribution >= 4 is 11.8 Å². The van der Waals surface area contributed by atoms with Gasteiger partial charge < -0.3 is 10.2 Å². The predicted octanol–water partition coefficient (Wildman–Crippen LogP) is 0.508. The second-order valence-electron chi connectivity index (χ2n) is 5.38. The number of carbonyl (C=O) groups is 2. The zero-order valence-corrected chi connectivity index (χ0v) is 12.7. The third-order valence-electron chi connectivity index (χ3n) is 3.98. The van der Waals surface area contributed by atoms with Crippen molar-refractivity contribution in [3.8, 4) is 0 Å². The molecule has 0 spiro atoms. The number of nitrogens with zero attached hydrogens (tertiary/aromatic N) is 2. The summed E-state index contributed by atoms with van der Waals surface area (Å²) in [6.07, 6.45) is 0.960. The van der Waals surface area contributed by atoms with E-state index >= 15 is 0 Å². The Kier molecular flexibility index (Phi) is 5.33. The molecule has 114 valence electrons. The molecule has 2 rings (SSSR count). The molecule has 0 aliphatic carbocycles. The Morgan fingerprint density at radius 1 is 1.24 bits per heavy atom. The van der Waals surface area contributed by atoms with Gasteiger partial charge in [0.2, 0.25) is 11.8 Å². The minimum Gasteiger partial charge on any atom is -0.357 e. The minimum atomic E-state index is -0.378. The van der Waals surface area contributed by atoms with Crippen LogP contribution in [0.5, 0.6) is 0 Å². The number of benzene rings is 1. The number of rotatable bonds is 4. The van der Waals surface area contributed by atoms with Gasteiger partial charge in [0.1, 0.15) is 6.04 Å². The first-order chi connectivity index (χ1) is 10.1. The van der Waals surface area contributed by atoms with Crippen molar-refractivity contribution in [1.29, 1.82) is 0 Å². The van der Waals surface area contributed by atoms with Gasteiger partial charge in [0.15, 0.2) is 0 Å². The van der Waals surface area contributed by atoms with Crippen LogP contribution in [0.3, 0.4) is 0 Å². The fourth-order valence-corrected chi connectivity index (χ4v) is 2.74. The van der Waals surface area contributed by atoms with Crippen LogP contribution in [0.15, 0.2) is 30.3 Å². The standard InChI is InChI=1S/C16H23N3O2/c1-13(20)19-11-10-18(12-15(19)16(21)17-2)9-8-14-6-4-3-5-7-14/h3-7,15H,8-12H2,1-2H3,(H,17,21)/t15-/m1/s1. The van der Waals surface area contributed by atoms with Gasteiger partial charge in [-0.1, -0.05) is 30.3 Å². The van der Waals surface area contributed by atoms with Gasteiger partial charge in [-0.2, -0.15) is 0 Å². The van der Waals surface area contributed by atoms with Crippen LogP contribution in [-0.4, -0.2) is 60.9 Å². The number of hydrogen-bond acceptors (Lipinski definition) is 3. The molecule has 0 radical (unpaired) electrons. The molecule has 0 aromatic heterocycles. The largest absolute Gasteiger partial charge is 0.357 e. The minimum absolute atomic E-state index is 0.0358. The van der Waals surface area contributed by atoms with Gasteiger partial charge in [0.05, 0.1) is 0 Å². The van der Waals surface area contributed by atoms with Gasteiger partial charge in [-0.25, -0.2) is 0 Å². The molecule has 0 saturated carbocycles. The number of nitrogens with one attached hydrogen (secondary N) is 1. The third-order valence-corrected chi connectivity index (χ3v) is 3.98. The van der Waals surface area contributed by atoms with E-state index in [1.54, 1.807) is 11.9 Å². The summed E-state index contributed by atoms with van der Waals surface area (Å²) in [4.78, 5) is 27.5. The lowest BCUT2D eigenvalue weighted by Crippen LogP contribution is -2.60. The van der Waals surface area contributed by atoms with E-state index in [0.717, 1.165) is 19.5 Å².